The number of halogens is 1. The maximum Gasteiger partial charge on any atom is 0.268 e. The summed E-state index contributed by atoms with van der Waals surface area (Å²) in [6, 6.07) is 21.0. The van der Waals surface area contributed by atoms with Crippen molar-refractivity contribution in [3.63, 3.8) is 0 Å². The van der Waals surface area contributed by atoms with Crippen molar-refractivity contribution >= 4 is 61.2 Å². The number of piperazine rings is 1. The van der Waals surface area contributed by atoms with Crippen molar-refractivity contribution in [3.05, 3.63) is 107 Å². The Kier molecular flexibility index (Phi) is 12.8. The van der Waals surface area contributed by atoms with Gasteiger partial charge in [0.05, 0.1) is 22.3 Å². The second kappa shape index (κ2) is 18.3. The highest BCUT2D eigenvalue weighted by atomic mass is 35.5. The van der Waals surface area contributed by atoms with Crippen molar-refractivity contribution in [2.24, 2.45) is 17.1 Å². The van der Waals surface area contributed by atoms with Gasteiger partial charge in [0, 0.05) is 73.7 Å². The summed E-state index contributed by atoms with van der Waals surface area (Å²) < 4.78 is 36.0. The Morgan fingerprint density at radius 2 is 1.76 bits per heavy atom. The number of hydrogen-bond donors (Lipinski definition) is 6. The minimum absolute atomic E-state index is 0.0105. The molecule has 0 radical (unpaired) electrons. The molecule has 3 heterocycles. The fourth-order valence-corrected chi connectivity index (χ4v) is 9.97. The number of carbonyl (C=O) groups is 1. The van der Waals surface area contributed by atoms with Crippen LogP contribution >= 0.6 is 11.6 Å². The number of anilines is 3. The van der Waals surface area contributed by atoms with E-state index in [1.54, 1.807) is 30.5 Å². The summed E-state index contributed by atoms with van der Waals surface area (Å²) in [6.07, 6.45) is 10.2. The first-order chi connectivity index (χ1) is 29.7. The molecule has 3 aliphatic rings. The fourth-order valence-electron chi connectivity index (χ4n) is 8.86. The lowest BCUT2D eigenvalue weighted by Gasteiger charge is -2.39. The molecule has 8 rings (SSSR count). The molecule has 328 valence electrons. The number of nitrogens with zero attached hydrogens (tertiary/aromatic N) is 4. The summed E-state index contributed by atoms with van der Waals surface area (Å²) in [4.78, 5) is 25.8. The fraction of sp³-hybridized carbons (Fsp3) is 0.391. The average Bonchev–Trinajstić information content (AvgIpc) is 3.72. The number of nitrogens with one attached hydrogen (secondary N) is 3. The zero-order chi connectivity index (χ0) is 43.6. The van der Waals surface area contributed by atoms with Gasteiger partial charge in [-0.1, -0.05) is 43.2 Å². The SMILES string of the molecule is CC1(C)CCC(CN2CCN(c3ccc(C(=O)NS(=O)(=O)c4ccc(NCC5CCC(N)CC5)c(N(O)O)c4)c(Oc4cnc5[nH]ccc5c4)c3)CC2)=C(c2ccc(Cl)cc2)C1. The minimum atomic E-state index is -4.50. The molecular formula is C46H55ClN8O6S. The summed E-state index contributed by atoms with van der Waals surface area (Å²) in [5.74, 6) is -0.0586. The van der Waals surface area contributed by atoms with Gasteiger partial charge in [0.25, 0.3) is 15.9 Å². The van der Waals surface area contributed by atoms with Gasteiger partial charge in [-0.25, -0.2) is 18.1 Å². The summed E-state index contributed by atoms with van der Waals surface area (Å²) in [7, 11) is -4.50. The number of nitrogens with two attached hydrogens (primary N) is 1. The van der Waals surface area contributed by atoms with Gasteiger partial charge in [0.2, 0.25) is 0 Å². The Hall–Kier alpha value is -5.16. The monoisotopic (exact) mass is 882 g/mol. The van der Waals surface area contributed by atoms with Crippen LogP contribution in [0, 0.1) is 11.3 Å². The van der Waals surface area contributed by atoms with Crippen LogP contribution in [0.15, 0.2) is 95.7 Å². The number of ether oxygens (including phenoxy) is 1. The number of benzene rings is 3. The molecule has 0 unspecified atom stereocenters. The molecule has 0 spiro atoms. The molecule has 2 fully saturated rings. The van der Waals surface area contributed by atoms with E-state index in [0.717, 1.165) is 99.8 Å². The molecule has 1 aliphatic heterocycles. The number of allylic oxidation sites excluding steroid dienone is 1. The number of hydrogen-bond acceptors (Lipinski definition) is 12. The van der Waals surface area contributed by atoms with E-state index >= 15 is 0 Å². The van der Waals surface area contributed by atoms with Crippen molar-refractivity contribution in [2.45, 2.75) is 69.7 Å². The lowest BCUT2D eigenvalue weighted by atomic mass is 9.72. The van der Waals surface area contributed by atoms with Crippen LogP contribution in [0.25, 0.3) is 16.6 Å². The second-order valence-electron chi connectivity index (χ2n) is 17.6. The number of rotatable bonds is 13. The highest BCUT2D eigenvalue weighted by Gasteiger charge is 2.30. The number of pyridine rings is 1. The van der Waals surface area contributed by atoms with Crippen molar-refractivity contribution in [1.82, 2.24) is 19.6 Å². The number of aromatic amines is 1. The van der Waals surface area contributed by atoms with Gasteiger partial charge in [0.15, 0.2) is 0 Å². The smallest absolute Gasteiger partial charge is 0.268 e. The molecule has 1 saturated heterocycles. The van der Waals surface area contributed by atoms with E-state index in [2.05, 4.69) is 55.8 Å². The number of aromatic nitrogens is 2. The number of sulfonamides is 1. The third-order valence-electron chi connectivity index (χ3n) is 12.5. The van der Waals surface area contributed by atoms with Gasteiger partial charge in [-0.05, 0) is 122 Å². The topological polar surface area (TPSA) is 189 Å². The third-order valence-corrected chi connectivity index (χ3v) is 14.1. The van der Waals surface area contributed by atoms with Crippen LogP contribution in [0.5, 0.6) is 11.5 Å². The van der Waals surface area contributed by atoms with Gasteiger partial charge in [-0.15, -0.1) is 5.23 Å². The zero-order valence-corrected chi connectivity index (χ0v) is 36.7. The Labute approximate surface area is 367 Å². The quantitative estimate of drug-likeness (QED) is 0.0621. The number of H-pyrrole nitrogens is 1. The number of fused-ring (bicyclic) bond motifs is 1. The van der Waals surface area contributed by atoms with Crippen molar-refractivity contribution in [1.29, 1.82) is 0 Å². The number of carbonyl (C=O) groups excluding carboxylic acids is 1. The Balaban J connectivity index is 0.996. The predicted molar refractivity (Wildman–Crippen MR) is 243 cm³/mol. The molecule has 14 nitrogen and oxygen atoms in total. The van der Waals surface area contributed by atoms with Crippen LogP contribution in [-0.4, -0.2) is 84.9 Å². The predicted octanol–water partition coefficient (Wildman–Crippen LogP) is 8.43. The van der Waals surface area contributed by atoms with E-state index in [1.165, 1.54) is 35.0 Å². The Morgan fingerprint density at radius 1 is 1.00 bits per heavy atom. The van der Waals surface area contributed by atoms with E-state index in [4.69, 9.17) is 22.1 Å². The van der Waals surface area contributed by atoms with Crippen LogP contribution < -0.4 is 30.6 Å². The van der Waals surface area contributed by atoms with E-state index in [1.807, 2.05) is 18.2 Å². The van der Waals surface area contributed by atoms with Crippen LogP contribution in [-0.2, 0) is 10.0 Å². The van der Waals surface area contributed by atoms with Gasteiger partial charge in [-0.2, -0.15) is 0 Å². The minimum Gasteiger partial charge on any atom is -0.455 e. The lowest BCUT2D eigenvalue weighted by molar-refractivity contribution is 0.0294. The van der Waals surface area contributed by atoms with Crippen LogP contribution in [0.1, 0.15) is 74.7 Å². The van der Waals surface area contributed by atoms with Crippen molar-refractivity contribution < 1.29 is 28.4 Å². The molecular weight excluding hydrogens is 828 g/mol. The lowest BCUT2D eigenvalue weighted by Crippen LogP contribution is -2.47. The van der Waals surface area contributed by atoms with Crippen LogP contribution in [0.3, 0.4) is 0 Å². The van der Waals surface area contributed by atoms with E-state index in [0.29, 0.717) is 29.5 Å². The van der Waals surface area contributed by atoms with Crippen molar-refractivity contribution in [3.8, 4) is 11.5 Å². The first kappa shape index (κ1) is 43.5. The van der Waals surface area contributed by atoms with Crippen LogP contribution in [0.4, 0.5) is 17.1 Å². The maximum absolute atomic E-state index is 14.0. The first-order valence-corrected chi connectivity index (χ1v) is 23.1. The molecule has 5 aromatic rings. The van der Waals surface area contributed by atoms with Gasteiger partial charge in [0.1, 0.15) is 22.8 Å². The Bertz CT molecular complexity index is 2550. The third kappa shape index (κ3) is 10.2. The molecule has 3 aromatic carbocycles. The van der Waals surface area contributed by atoms with E-state index in [-0.39, 0.29) is 38.6 Å². The molecule has 7 N–H and O–H groups in total. The molecule has 0 bridgehead atoms. The van der Waals surface area contributed by atoms with Gasteiger partial charge in [-0.3, -0.25) is 20.1 Å². The zero-order valence-electron chi connectivity index (χ0n) is 35.1. The number of amides is 1. The highest BCUT2D eigenvalue weighted by molar-refractivity contribution is 7.90. The molecule has 0 atom stereocenters. The Morgan fingerprint density at radius 3 is 2.50 bits per heavy atom. The van der Waals surface area contributed by atoms with Crippen LogP contribution in [0.2, 0.25) is 5.02 Å². The average molecular weight is 884 g/mol. The van der Waals surface area contributed by atoms with Gasteiger partial charge >= 0.3 is 0 Å². The van der Waals surface area contributed by atoms with E-state index in [9.17, 15) is 23.6 Å². The normalized spacial score (nSPS) is 19.7. The molecule has 62 heavy (non-hydrogen) atoms. The standard InChI is InChI=1S/C46H55ClN8O6S/c1-46(2)17-15-33(40(26-46)31-5-7-34(47)8-6-31)29-53-19-21-54(22-20-53)36-11-13-39(43(24-36)61-37-23-32-16-18-49-44(32)51-28-37)45(56)52-62(59,60)38-12-14-41(42(25-38)55(57)58)50-27-30-3-9-35(48)10-4-30/h5-8,11-14,16,18,23-25,28,30,35,50,57-58H,3-4,9-10,15,17,19-22,26-27,29,48H2,1-2H3,(H,49,51)(H,52,56). The summed E-state index contributed by atoms with van der Waals surface area (Å²) in [6.45, 7) is 9.25. The largest absolute Gasteiger partial charge is 0.455 e. The van der Waals surface area contributed by atoms with Gasteiger partial charge < -0.3 is 25.7 Å². The van der Waals surface area contributed by atoms with E-state index < -0.39 is 15.9 Å². The van der Waals surface area contributed by atoms with Crippen molar-refractivity contribution in [2.75, 3.05) is 54.7 Å². The molecule has 2 aromatic heterocycles. The molecule has 1 amide bonds. The molecule has 1 saturated carbocycles. The summed E-state index contributed by atoms with van der Waals surface area (Å²) in [5.41, 5.74) is 12.0. The maximum atomic E-state index is 14.0. The highest BCUT2D eigenvalue weighted by Crippen LogP contribution is 2.43. The molecule has 16 heteroatoms. The summed E-state index contributed by atoms with van der Waals surface area (Å²) in [5, 5.41) is 24.8. The second-order valence-corrected chi connectivity index (χ2v) is 19.7. The molecule has 2 aliphatic carbocycles. The first-order valence-electron chi connectivity index (χ1n) is 21.3. The summed E-state index contributed by atoms with van der Waals surface area (Å²) >= 11 is 6.24.